The first-order valence-corrected chi connectivity index (χ1v) is 7.74. The first-order valence-electron chi connectivity index (χ1n) is 7.36. The van der Waals surface area contributed by atoms with Crippen LogP contribution in [-0.2, 0) is 6.42 Å². The molecule has 4 heteroatoms. The molecule has 2 aromatic rings. The third-order valence-corrected chi connectivity index (χ3v) is 4.01. The summed E-state index contributed by atoms with van der Waals surface area (Å²) < 4.78 is 5.27. The third-order valence-electron chi connectivity index (χ3n) is 3.75. The predicted octanol–water partition coefficient (Wildman–Crippen LogP) is 4.72. The summed E-state index contributed by atoms with van der Waals surface area (Å²) in [5.74, 6) is 1.93. The number of hydrogen-bond donors (Lipinski definition) is 0. The molecule has 1 fully saturated rings. The Labute approximate surface area is 130 Å². The Bertz CT molecular complexity index is 598. The standard InChI is InChI=1S/C17H18ClN2O/c18-15-9-6-14(7-10-15)12-16-19-17(21-20-16)11-8-13-4-2-1-3-5-13/h1,6-11,13H,2-5,12H2. The Morgan fingerprint density at radius 3 is 2.71 bits per heavy atom. The molecule has 3 rings (SSSR count). The number of rotatable bonds is 4. The third kappa shape index (κ3) is 4.18. The van der Waals surface area contributed by atoms with Crippen molar-refractivity contribution in [2.75, 3.05) is 0 Å². The summed E-state index contributed by atoms with van der Waals surface area (Å²) in [6, 6.07) is 7.70. The molecule has 0 saturated heterocycles. The lowest BCUT2D eigenvalue weighted by Crippen LogP contribution is -2.02. The summed E-state index contributed by atoms with van der Waals surface area (Å²) in [4.78, 5) is 4.41. The summed E-state index contributed by atoms with van der Waals surface area (Å²) in [5, 5.41) is 4.76. The summed E-state index contributed by atoms with van der Waals surface area (Å²) in [6.45, 7) is 0. The van der Waals surface area contributed by atoms with Gasteiger partial charge in [0.25, 0.3) is 0 Å². The van der Waals surface area contributed by atoms with E-state index in [0.717, 1.165) is 10.6 Å². The van der Waals surface area contributed by atoms with Crippen LogP contribution in [0.5, 0.6) is 0 Å². The minimum absolute atomic E-state index is 0.591. The zero-order chi connectivity index (χ0) is 14.5. The van der Waals surface area contributed by atoms with E-state index in [0.29, 0.717) is 24.1 Å². The minimum atomic E-state index is 0.591. The number of aromatic nitrogens is 2. The molecular formula is C17H18ClN2O. The molecule has 1 radical (unpaired) electrons. The van der Waals surface area contributed by atoms with E-state index >= 15 is 0 Å². The normalized spacial score (nSPS) is 16.6. The zero-order valence-corrected chi connectivity index (χ0v) is 12.6. The van der Waals surface area contributed by atoms with Crippen molar-refractivity contribution in [1.29, 1.82) is 0 Å². The second-order valence-electron chi connectivity index (χ2n) is 5.41. The molecule has 109 valence electrons. The first kappa shape index (κ1) is 14.3. The van der Waals surface area contributed by atoms with Crippen LogP contribution in [0.15, 0.2) is 34.9 Å². The number of allylic oxidation sites excluding steroid dienone is 1. The Hall–Kier alpha value is -1.61. The lowest BCUT2D eigenvalue weighted by molar-refractivity contribution is 0.403. The summed E-state index contributed by atoms with van der Waals surface area (Å²) in [6.07, 6.45) is 12.0. The molecule has 0 atom stereocenters. The van der Waals surface area contributed by atoms with E-state index in [1.807, 2.05) is 30.3 Å². The highest BCUT2D eigenvalue weighted by atomic mass is 35.5. The maximum atomic E-state index is 5.87. The molecule has 0 bridgehead atoms. The van der Waals surface area contributed by atoms with Crippen LogP contribution in [-0.4, -0.2) is 10.1 Å². The van der Waals surface area contributed by atoms with Crippen LogP contribution in [0, 0.1) is 12.3 Å². The van der Waals surface area contributed by atoms with Crippen LogP contribution >= 0.6 is 11.6 Å². The van der Waals surface area contributed by atoms with Crippen molar-refractivity contribution in [3.8, 4) is 0 Å². The maximum absolute atomic E-state index is 5.87. The second kappa shape index (κ2) is 6.90. The summed E-state index contributed by atoms with van der Waals surface area (Å²) >= 11 is 5.87. The minimum Gasteiger partial charge on any atom is -0.335 e. The molecule has 0 spiro atoms. The molecule has 1 aromatic carbocycles. The van der Waals surface area contributed by atoms with Crippen molar-refractivity contribution in [2.24, 2.45) is 5.92 Å². The van der Waals surface area contributed by atoms with Gasteiger partial charge in [0.05, 0.1) is 0 Å². The van der Waals surface area contributed by atoms with Gasteiger partial charge in [0, 0.05) is 11.4 Å². The number of hydrogen-bond acceptors (Lipinski definition) is 3. The molecule has 3 nitrogen and oxygen atoms in total. The fraction of sp³-hybridized carbons (Fsp3) is 0.353. The molecule has 1 aromatic heterocycles. The van der Waals surface area contributed by atoms with Crippen LogP contribution in [0.25, 0.3) is 6.08 Å². The van der Waals surface area contributed by atoms with Crippen LogP contribution in [0.1, 0.15) is 43.0 Å². The summed E-state index contributed by atoms with van der Waals surface area (Å²) in [7, 11) is 0. The number of nitrogens with zero attached hydrogens (tertiary/aromatic N) is 2. The fourth-order valence-electron chi connectivity index (χ4n) is 2.56. The fourth-order valence-corrected chi connectivity index (χ4v) is 2.68. The van der Waals surface area contributed by atoms with Gasteiger partial charge in [0.15, 0.2) is 5.82 Å². The van der Waals surface area contributed by atoms with Crippen molar-refractivity contribution in [3.63, 3.8) is 0 Å². The summed E-state index contributed by atoms with van der Waals surface area (Å²) in [5.41, 5.74) is 1.12. The Kier molecular flexibility index (Phi) is 4.71. The molecule has 21 heavy (non-hydrogen) atoms. The van der Waals surface area contributed by atoms with Gasteiger partial charge >= 0.3 is 0 Å². The van der Waals surface area contributed by atoms with Crippen molar-refractivity contribution >= 4 is 17.7 Å². The molecule has 0 unspecified atom stereocenters. The molecule has 0 aliphatic heterocycles. The highest BCUT2D eigenvalue weighted by molar-refractivity contribution is 6.30. The molecule has 0 N–H and O–H groups in total. The van der Waals surface area contributed by atoms with Gasteiger partial charge in [-0.2, -0.15) is 4.98 Å². The zero-order valence-electron chi connectivity index (χ0n) is 11.8. The van der Waals surface area contributed by atoms with Crippen molar-refractivity contribution in [1.82, 2.24) is 10.1 Å². The van der Waals surface area contributed by atoms with E-state index < -0.39 is 0 Å². The van der Waals surface area contributed by atoms with E-state index in [2.05, 4.69) is 22.6 Å². The van der Waals surface area contributed by atoms with Gasteiger partial charge in [0.2, 0.25) is 5.89 Å². The van der Waals surface area contributed by atoms with E-state index in [4.69, 9.17) is 16.1 Å². The van der Waals surface area contributed by atoms with Gasteiger partial charge < -0.3 is 4.52 Å². The highest BCUT2D eigenvalue weighted by Gasteiger charge is 2.11. The first-order chi connectivity index (χ1) is 10.3. The lowest BCUT2D eigenvalue weighted by Gasteiger charge is -2.16. The Balaban J connectivity index is 1.60. The van der Waals surface area contributed by atoms with E-state index in [1.165, 1.54) is 25.7 Å². The van der Waals surface area contributed by atoms with Gasteiger partial charge in [0.1, 0.15) is 0 Å². The average molecular weight is 302 g/mol. The van der Waals surface area contributed by atoms with Crippen molar-refractivity contribution < 1.29 is 4.52 Å². The maximum Gasteiger partial charge on any atom is 0.250 e. The molecule has 0 amide bonds. The van der Waals surface area contributed by atoms with Gasteiger partial charge in [-0.05, 0) is 61.8 Å². The second-order valence-corrected chi connectivity index (χ2v) is 5.85. The van der Waals surface area contributed by atoms with E-state index in [-0.39, 0.29) is 0 Å². The van der Waals surface area contributed by atoms with E-state index in [1.54, 1.807) is 0 Å². The van der Waals surface area contributed by atoms with Gasteiger partial charge in [-0.25, -0.2) is 0 Å². The van der Waals surface area contributed by atoms with Crippen LogP contribution in [0.3, 0.4) is 0 Å². The number of halogens is 1. The smallest absolute Gasteiger partial charge is 0.250 e. The Morgan fingerprint density at radius 2 is 1.95 bits per heavy atom. The Morgan fingerprint density at radius 1 is 1.19 bits per heavy atom. The van der Waals surface area contributed by atoms with Crippen molar-refractivity contribution in [2.45, 2.75) is 32.1 Å². The largest absolute Gasteiger partial charge is 0.335 e. The molecule has 1 aliphatic rings. The molecule has 1 heterocycles. The van der Waals surface area contributed by atoms with Crippen LogP contribution in [0.2, 0.25) is 5.02 Å². The quantitative estimate of drug-likeness (QED) is 0.820. The monoisotopic (exact) mass is 301 g/mol. The van der Waals surface area contributed by atoms with Crippen molar-refractivity contribution in [3.05, 3.63) is 59.1 Å². The highest BCUT2D eigenvalue weighted by Crippen LogP contribution is 2.24. The van der Waals surface area contributed by atoms with Gasteiger partial charge in [-0.3, -0.25) is 0 Å². The topological polar surface area (TPSA) is 38.9 Å². The lowest BCUT2D eigenvalue weighted by atomic mass is 9.89. The number of benzene rings is 1. The molecule has 1 aliphatic carbocycles. The SMILES string of the molecule is Clc1ccc(Cc2noc(C=CC3CC[CH]CC3)n2)cc1. The van der Waals surface area contributed by atoms with Crippen LogP contribution in [0.4, 0.5) is 0 Å². The predicted molar refractivity (Wildman–Crippen MR) is 83.8 cm³/mol. The molecule has 1 saturated carbocycles. The average Bonchev–Trinajstić information content (AvgIpc) is 2.96. The van der Waals surface area contributed by atoms with Gasteiger partial charge in [-0.15, -0.1) is 0 Å². The van der Waals surface area contributed by atoms with Crippen LogP contribution < -0.4 is 0 Å². The van der Waals surface area contributed by atoms with E-state index in [9.17, 15) is 0 Å². The van der Waals surface area contributed by atoms with Gasteiger partial charge in [-0.1, -0.05) is 35.0 Å². The molecular weight excluding hydrogens is 284 g/mol.